The van der Waals surface area contributed by atoms with E-state index in [2.05, 4.69) is 14.4 Å². The van der Waals surface area contributed by atoms with Crippen molar-refractivity contribution in [3.05, 3.63) is 60.1 Å². The molecule has 3 aromatic rings. The minimum absolute atomic E-state index is 0.0300. The maximum atomic E-state index is 15.4. The number of piperidine rings is 2. The normalized spacial score (nSPS) is 22.4. The zero-order chi connectivity index (χ0) is 27.9. The second kappa shape index (κ2) is 10.3. The SMILES string of the molecule is COc1cc(-c2cccc(C(F)(F)F)c2)c(F)cc1N1C(O)CC[C@H]2CN(S(=O)(=O)Nc3ccon3)CC[C@@H]21. The molecule has 2 saturated heterocycles. The van der Waals surface area contributed by atoms with Crippen LogP contribution in [0.4, 0.5) is 29.1 Å². The van der Waals surface area contributed by atoms with Gasteiger partial charge in [0.05, 0.1) is 18.4 Å². The molecule has 2 fully saturated rings. The lowest BCUT2D eigenvalue weighted by Gasteiger charge is -2.50. The van der Waals surface area contributed by atoms with Crippen molar-refractivity contribution in [3.8, 4) is 16.9 Å². The zero-order valence-electron chi connectivity index (χ0n) is 20.7. The number of hydrogen-bond donors (Lipinski definition) is 2. The molecule has 0 bridgehead atoms. The van der Waals surface area contributed by atoms with Crippen LogP contribution in [-0.4, -0.2) is 55.5 Å². The van der Waals surface area contributed by atoms with Gasteiger partial charge in [-0.25, -0.2) is 4.39 Å². The Labute approximate surface area is 222 Å². The molecule has 0 amide bonds. The molecular weight excluding hydrogens is 544 g/mol. The lowest BCUT2D eigenvalue weighted by Crippen LogP contribution is -2.59. The van der Waals surface area contributed by atoms with Gasteiger partial charge in [0.15, 0.2) is 5.82 Å². The summed E-state index contributed by atoms with van der Waals surface area (Å²) >= 11 is 0. The van der Waals surface area contributed by atoms with Gasteiger partial charge in [-0.2, -0.15) is 25.9 Å². The molecule has 39 heavy (non-hydrogen) atoms. The third kappa shape index (κ3) is 5.40. The molecule has 1 aromatic heterocycles. The van der Waals surface area contributed by atoms with E-state index in [0.717, 1.165) is 18.2 Å². The Morgan fingerprint density at radius 1 is 1.15 bits per heavy atom. The topological polar surface area (TPSA) is 108 Å². The number of fused-ring (bicyclic) bond motifs is 1. The van der Waals surface area contributed by atoms with Crippen LogP contribution in [0, 0.1) is 11.7 Å². The number of rotatable bonds is 6. The fourth-order valence-electron chi connectivity index (χ4n) is 5.37. The monoisotopic (exact) mass is 570 g/mol. The lowest BCUT2D eigenvalue weighted by atomic mass is 9.83. The van der Waals surface area contributed by atoms with Crippen LogP contribution < -0.4 is 14.4 Å². The van der Waals surface area contributed by atoms with Gasteiger partial charge in [-0.05, 0) is 48.9 Å². The molecule has 0 spiro atoms. The number of nitrogens with one attached hydrogen (secondary N) is 1. The Hall–Kier alpha value is -3.36. The van der Waals surface area contributed by atoms with Gasteiger partial charge in [0.25, 0.3) is 0 Å². The van der Waals surface area contributed by atoms with E-state index in [4.69, 9.17) is 4.74 Å². The van der Waals surface area contributed by atoms with Crippen LogP contribution in [0.2, 0.25) is 0 Å². The van der Waals surface area contributed by atoms with Crippen LogP contribution in [-0.2, 0) is 16.4 Å². The molecule has 210 valence electrons. The number of hydrogen-bond acceptors (Lipinski definition) is 7. The molecule has 2 N–H and O–H groups in total. The molecule has 2 aromatic carbocycles. The average Bonchev–Trinajstić information content (AvgIpc) is 3.40. The number of ether oxygens (including phenoxy) is 1. The predicted octanol–water partition coefficient (Wildman–Crippen LogP) is 4.47. The maximum Gasteiger partial charge on any atom is 0.416 e. The second-order valence-corrected chi connectivity index (χ2v) is 11.2. The number of aromatic nitrogens is 1. The summed E-state index contributed by atoms with van der Waals surface area (Å²) in [6, 6.07) is 7.87. The van der Waals surface area contributed by atoms with Gasteiger partial charge in [0, 0.05) is 36.8 Å². The van der Waals surface area contributed by atoms with E-state index >= 15 is 4.39 Å². The Morgan fingerprint density at radius 2 is 1.95 bits per heavy atom. The van der Waals surface area contributed by atoms with Crippen molar-refractivity contribution >= 4 is 21.7 Å². The Kier molecular flexibility index (Phi) is 7.20. The summed E-state index contributed by atoms with van der Waals surface area (Å²) in [7, 11) is -2.55. The third-order valence-electron chi connectivity index (χ3n) is 7.19. The van der Waals surface area contributed by atoms with Crippen LogP contribution >= 0.6 is 0 Å². The van der Waals surface area contributed by atoms with E-state index in [1.165, 1.54) is 41.9 Å². The van der Waals surface area contributed by atoms with Crippen molar-refractivity contribution in [3.63, 3.8) is 0 Å². The highest BCUT2D eigenvalue weighted by molar-refractivity contribution is 7.90. The lowest BCUT2D eigenvalue weighted by molar-refractivity contribution is -0.137. The van der Waals surface area contributed by atoms with Gasteiger partial charge in [-0.15, -0.1) is 0 Å². The summed E-state index contributed by atoms with van der Waals surface area (Å²) in [6.45, 7) is 0.291. The van der Waals surface area contributed by atoms with Crippen molar-refractivity contribution in [1.82, 2.24) is 9.46 Å². The highest BCUT2D eigenvalue weighted by Gasteiger charge is 2.43. The maximum absolute atomic E-state index is 15.4. The standard InChI is InChI=1S/C25H26F4N4O5S/c1-37-22-12-18(15-3-2-4-17(11-15)25(27,28)29)19(26)13-21(22)33-20-7-9-32(14-16(20)5-6-24(33)34)39(35,36)31-23-8-10-38-30-23/h2-4,8,10-13,16,20,24,34H,5-7,9,14H2,1H3,(H,30,31)/t16-,20-,24?/m0/s1. The number of nitrogens with zero attached hydrogens (tertiary/aromatic N) is 3. The van der Waals surface area contributed by atoms with Gasteiger partial charge >= 0.3 is 16.4 Å². The molecule has 5 rings (SSSR count). The Morgan fingerprint density at radius 3 is 2.64 bits per heavy atom. The Balaban J connectivity index is 1.43. The third-order valence-corrected chi connectivity index (χ3v) is 8.67. The molecule has 3 heterocycles. The van der Waals surface area contributed by atoms with Gasteiger partial charge in [-0.1, -0.05) is 17.3 Å². The van der Waals surface area contributed by atoms with Crippen molar-refractivity contribution in [1.29, 1.82) is 0 Å². The summed E-state index contributed by atoms with van der Waals surface area (Å²) < 4.78 is 94.7. The predicted molar refractivity (Wildman–Crippen MR) is 134 cm³/mol. The first-order chi connectivity index (χ1) is 18.5. The van der Waals surface area contributed by atoms with Crippen molar-refractivity contribution in [2.24, 2.45) is 5.92 Å². The molecule has 3 atom stereocenters. The number of aliphatic hydroxyl groups excluding tert-OH is 1. The molecule has 14 heteroatoms. The molecule has 2 aliphatic rings. The van der Waals surface area contributed by atoms with E-state index in [0.29, 0.717) is 19.3 Å². The number of aliphatic hydroxyl groups is 1. The molecule has 0 aliphatic carbocycles. The van der Waals surface area contributed by atoms with E-state index in [-0.39, 0.29) is 53.4 Å². The fraction of sp³-hybridized carbons (Fsp3) is 0.400. The molecular formula is C25H26F4N4O5S. The van der Waals surface area contributed by atoms with E-state index in [9.17, 15) is 26.7 Å². The summed E-state index contributed by atoms with van der Waals surface area (Å²) in [6.07, 6.45) is -3.17. The van der Waals surface area contributed by atoms with Crippen LogP contribution in [0.25, 0.3) is 11.1 Å². The highest BCUT2D eigenvalue weighted by atomic mass is 32.2. The Bertz CT molecular complexity index is 1430. The van der Waals surface area contributed by atoms with Gasteiger partial charge in [0.2, 0.25) is 0 Å². The van der Waals surface area contributed by atoms with Crippen LogP contribution in [0.15, 0.2) is 53.3 Å². The summed E-state index contributed by atoms with van der Waals surface area (Å²) in [5.74, 6) is -0.742. The highest BCUT2D eigenvalue weighted by Crippen LogP contribution is 2.43. The smallest absolute Gasteiger partial charge is 0.416 e. The average molecular weight is 571 g/mol. The van der Waals surface area contributed by atoms with Gasteiger partial charge in [-0.3, -0.25) is 4.72 Å². The summed E-state index contributed by atoms with van der Waals surface area (Å²) in [5, 5.41) is 14.5. The van der Waals surface area contributed by atoms with E-state index in [1.54, 1.807) is 4.90 Å². The summed E-state index contributed by atoms with van der Waals surface area (Å²) in [4.78, 5) is 1.63. The first kappa shape index (κ1) is 27.2. The van der Waals surface area contributed by atoms with E-state index < -0.39 is 34.0 Å². The van der Waals surface area contributed by atoms with Crippen LogP contribution in [0.3, 0.4) is 0 Å². The van der Waals surface area contributed by atoms with E-state index in [1.807, 2.05) is 0 Å². The number of alkyl halides is 3. The minimum atomic E-state index is -4.59. The molecule has 1 unspecified atom stereocenters. The quantitative estimate of drug-likeness (QED) is 0.421. The van der Waals surface area contributed by atoms with Crippen molar-refractivity contribution < 1.29 is 40.3 Å². The van der Waals surface area contributed by atoms with Gasteiger partial charge in [0.1, 0.15) is 24.1 Å². The fourth-order valence-corrected chi connectivity index (χ4v) is 6.60. The first-order valence-electron chi connectivity index (χ1n) is 12.2. The molecule has 0 radical (unpaired) electrons. The first-order valence-corrected chi connectivity index (χ1v) is 13.6. The van der Waals surface area contributed by atoms with Crippen LogP contribution in [0.1, 0.15) is 24.8 Å². The number of halogens is 4. The largest absolute Gasteiger partial charge is 0.495 e. The zero-order valence-corrected chi connectivity index (χ0v) is 21.5. The van der Waals surface area contributed by atoms with Gasteiger partial charge < -0.3 is 19.3 Å². The van der Waals surface area contributed by atoms with Crippen LogP contribution in [0.5, 0.6) is 5.75 Å². The number of anilines is 2. The summed E-state index contributed by atoms with van der Waals surface area (Å²) in [5.41, 5.74) is -0.714. The molecule has 9 nitrogen and oxygen atoms in total. The van der Waals surface area contributed by atoms with Crippen molar-refractivity contribution in [2.45, 2.75) is 37.7 Å². The molecule has 0 saturated carbocycles. The number of benzene rings is 2. The number of methoxy groups -OCH3 is 1. The molecule has 2 aliphatic heterocycles. The van der Waals surface area contributed by atoms with Crippen molar-refractivity contribution in [2.75, 3.05) is 29.8 Å². The second-order valence-electron chi connectivity index (χ2n) is 9.51. The minimum Gasteiger partial charge on any atom is -0.495 e.